The maximum Gasteiger partial charge on any atom is 0.305 e. The van der Waals surface area contributed by atoms with E-state index < -0.39 is 12.1 Å². The van der Waals surface area contributed by atoms with Gasteiger partial charge < -0.3 is 20.3 Å². The highest BCUT2D eigenvalue weighted by Gasteiger charge is 2.20. The quantitative estimate of drug-likeness (QED) is 0.0320. The first-order valence-electron chi connectivity index (χ1n) is 38.6. The third-order valence-electron chi connectivity index (χ3n) is 18.3. The van der Waals surface area contributed by atoms with Crippen LogP contribution < -0.4 is 5.32 Å². The Labute approximate surface area is 526 Å². The number of allylic oxidation sites excluding steroid dienone is 4. The third kappa shape index (κ3) is 69.4. The Morgan fingerprint density at radius 1 is 0.333 bits per heavy atom. The van der Waals surface area contributed by atoms with Gasteiger partial charge in [-0.3, -0.25) is 9.59 Å². The molecular weight excluding hydrogens is 1030 g/mol. The number of ether oxygens (including phenoxy) is 1. The van der Waals surface area contributed by atoms with Gasteiger partial charge in [-0.25, -0.2) is 0 Å². The molecule has 2 atom stereocenters. The molecule has 6 nitrogen and oxygen atoms in total. The molecule has 0 aliphatic carbocycles. The number of unbranched alkanes of at least 4 members (excludes halogenated alkanes) is 58. The molecule has 0 aromatic carbocycles. The van der Waals surface area contributed by atoms with Gasteiger partial charge >= 0.3 is 5.97 Å². The van der Waals surface area contributed by atoms with Gasteiger partial charge in [0.15, 0.2) is 0 Å². The van der Waals surface area contributed by atoms with Gasteiger partial charge in [0.2, 0.25) is 5.91 Å². The Morgan fingerprint density at radius 2 is 0.595 bits per heavy atom. The Balaban J connectivity index is 3.34. The number of nitrogens with one attached hydrogen (secondary N) is 1. The van der Waals surface area contributed by atoms with Crippen molar-refractivity contribution >= 4 is 11.9 Å². The van der Waals surface area contributed by atoms with Crippen molar-refractivity contribution in [2.45, 2.75) is 450 Å². The highest BCUT2D eigenvalue weighted by molar-refractivity contribution is 5.76. The zero-order valence-electron chi connectivity index (χ0n) is 57.2. The smallest absolute Gasteiger partial charge is 0.305 e. The second-order valence-corrected chi connectivity index (χ2v) is 26.7. The normalized spacial score (nSPS) is 12.6. The average molecular weight is 1180 g/mol. The lowest BCUT2D eigenvalue weighted by Gasteiger charge is -2.22. The molecule has 0 spiro atoms. The number of hydrogen-bond acceptors (Lipinski definition) is 5. The lowest BCUT2D eigenvalue weighted by Crippen LogP contribution is -2.45. The third-order valence-corrected chi connectivity index (χ3v) is 18.3. The highest BCUT2D eigenvalue weighted by atomic mass is 16.5. The van der Waals surface area contributed by atoms with Crippen LogP contribution in [0.3, 0.4) is 0 Å². The molecule has 0 aromatic heterocycles. The minimum Gasteiger partial charge on any atom is -0.466 e. The molecule has 0 aliphatic rings. The van der Waals surface area contributed by atoms with Gasteiger partial charge in [-0.1, -0.05) is 391 Å². The summed E-state index contributed by atoms with van der Waals surface area (Å²) in [6.07, 6.45) is 94.1. The first-order valence-corrected chi connectivity index (χ1v) is 38.6. The molecule has 3 N–H and O–H groups in total. The minimum atomic E-state index is -0.662. The molecule has 0 bridgehead atoms. The Hall–Kier alpha value is -1.66. The summed E-state index contributed by atoms with van der Waals surface area (Å²) in [6, 6.07) is -0.539. The molecule has 0 saturated heterocycles. The van der Waals surface area contributed by atoms with Gasteiger partial charge in [-0.15, -0.1) is 0 Å². The van der Waals surface area contributed by atoms with Crippen molar-refractivity contribution in [3.05, 3.63) is 24.3 Å². The van der Waals surface area contributed by atoms with Gasteiger partial charge in [0.1, 0.15) is 0 Å². The average Bonchev–Trinajstić information content (AvgIpc) is 3.53. The van der Waals surface area contributed by atoms with E-state index in [4.69, 9.17) is 4.74 Å². The fourth-order valence-electron chi connectivity index (χ4n) is 12.4. The van der Waals surface area contributed by atoms with Crippen LogP contribution in [0.15, 0.2) is 24.3 Å². The van der Waals surface area contributed by atoms with Crippen LogP contribution in [0.1, 0.15) is 438 Å². The van der Waals surface area contributed by atoms with E-state index in [2.05, 4.69) is 43.5 Å². The Bertz CT molecular complexity index is 1320. The standard InChI is InChI=1S/C78H151NO5/c1-3-5-7-9-11-13-15-17-42-46-50-54-58-62-66-70-76(81)75(74-80)79-77(82)71-67-63-59-55-51-47-44-40-38-36-34-32-30-28-26-24-22-20-19-21-23-25-27-29-31-33-35-37-39-41-45-49-53-57-61-65-69-73-84-78(83)72-68-64-60-56-52-48-43-18-16-14-12-10-8-6-4-2/h19,21,25,27,75-76,80-81H,3-18,20,22-24,26,28-74H2,1-2H3,(H,79,82)/b21-19-,27-25-. The fraction of sp³-hybridized carbons (Fsp3) is 0.923. The summed E-state index contributed by atoms with van der Waals surface area (Å²) in [5.74, 6) is -0.00633. The molecule has 0 saturated carbocycles. The van der Waals surface area contributed by atoms with Crippen molar-refractivity contribution in [1.82, 2.24) is 5.32 Å². The van der Waals surface area contributed by atoms with Crippen LogP contribution in [0, 0.1) is 0 Å². The van der Waals surface area contributed by atoms with Crippen LogP contribution in [-0.4, -0.2) is 47.4 Å². The van der Waals surface area contributed by atoms with Gasteiger partial charge in [0, 0.05) is 12.8 Å². The second kappa shape index (κ2) is 73.8. The van der Waals surface area contributed by atoms with Crippen molar-refractivity contribution < 1.29 is 24.5 Å². The van der Waals surface area contributed by atoms with Crippen molar-refractivity contribution in [3.63, 3.8) is 0 Å². The van der Waals surface area contributed by atoms with Crippen molar-refractivity contribution in [2.75, 3.05) is 13.2 Å². The lowest BCUT2D eigenvalue weighted by atomic mass is 10.0. The summed E-state index contributed by atoms with van der Waals surface area (Å²) in [7, 11) is 0. The predicted octanol–water partition coefficient (Wildman–Crippen LogP) is 25.3. The van der Waals surface area contributed by atoms with Crippen molar-refractivity contribution in [2.24, 2.45) is 0 Å². The van der Waals surface area contributed by atoms with E-state index in [0.717, 1.165) is 44.9 Å². The second-order valence-electron chi connectivity index (χ2n) is 26.7. The van der Waals surface area contributed by atoms with Crippen LogP contribution in [0.2, 0.25) is 0 Å². The summed E-state index contributed by atoms with van der Waals surface area (Å²) < 4.78 is 5.50. The lowest BCUT2D eigenvalue weighted by molar-refractivity contribution is -0.143. The zero-order valence-corrected chi connectivity index (χ0v) is 57.2. The largest absolute Gasteiger partial charge is 0.466 e. The number of carbonyl (C=O) groups excluding carboxylic acids is 2. The number of hydrogen-bond donors (Lipinski definition) is 3. The molecule has 2 unspecified atom stereocenters. The summed E-state index contributed by atoms with van der Waals surface area (Å²) in [6.45, 7) is 5.00. The van der Waals surface area contributed by atoms with E-state index >= 15 is 0 Å². The number of esters is 1. The molecule has 0 aliphatic heterocycles. The van der Waals surface area contributed by atoms with Crippen LogP contribution >= 0.6 is 0 Å². The maximum absolute atomic E-state index is 12.5. The molecule has 0 aromatic rings. The molecule has 1 amide bonds. The van der Waals surface area contributed by atoms with Crippen LogP contribution in [-0.2, 0) is 14.3 Å². The molecule has 0 heterocycles. The number of rotatable bonds is 73. The van der Waals surface area contributed by atoms with E-state index in [1.807, 2.05) is 0 Å². The van der Waals surface area contributed by atoms with Crippen molar-refractivity contribution in [3.8, 4) is 0 Å². The topological polar surface area (TPSA) is 95.9 Å². The number of amides is 1. The predicted molar refractivity (Wildman–Crippen MR) is 370 cm³/mol. The molecule has 0 rings (SSSR count). The first-order chi connectivity index (χ1) is 41.5. The van der Waals surface area contributed by atoms with Gasteiger partial charge in [-0.2, -0.15) is 0 Å². The van der Waals surface area contributed by atoms with Crippen LogP contribution in [0.5, 0.6) is 0 Å². The molecule has 0 radical (unpaired) electrons. The van der Waals surface area contributed by atoms with E-state index in [-0.39, 0.29) is 18.5 Å². The zero-order chi connectivity index (χ0) is 60.6. The van der Waals surface area contributed by atoms with Crippen molar-refractivity contribution in [1.29, 1.82) is 0 Å². The number of aliphatic hydroxyl groups is 2. The molecule has 6 heteroatoms. The van der Waals surface area contributed by atoms with E-state index in [1.165, 1.54) is 360 Å². The Kier molecular flexibility index (Phi) is 72.3. The van der Waals surface area contributed by atoms with E-state index in [0.29, 0.717) is 25.9 Å². The summed E-state index contributed by atoms with van der Waals surface area (Å²) in [4.78, 5) is 24.6. The number of carbonyl (C=O) groups is 2. The maximum atomic E-state index is 12.5. The summed E-state index contributed by atoms with van der Waals surface area (Å²) in [5.41, 5.74) is 0. The van der Waals surface area contributed by atoms with Gasteiger partial charge in [0.25, 0.3) is 0 Å². The van der Waals surface area contributed by atoms with Gasteiger partial charge in [-0.05, 0) is 57.8 Å². The number of aliphatic hydroxyl groups excluding tert-OH is 2. The Morgan fingerprint density at radius 3 is 0.905 bits per heavy atom. The molecule has 84 heavy (non-hydrogen) atoms. The SMILES string of the molecule is CCCCCCCCCCCCCCCCCC(=O)OCCCCCCCCCCCCCCC/C=C\C/C=C\CCCCCCCCCCCCCCCCCCCC(=O)NC(CO)C(O)CCCCCCCCCCCCCCCCC. The summed E-state index contributed by atoms with van der Waals surface area (Å²) in [5, 5.41) is 23.4. The monoisotopic (exact) mass is 1180 g/mol. The molecule has 0 fully saturated rings. The molecule has 498 valence electrons. The summed E-state index contributed by atoms with van der Waals surface area (Å²) >= 11 is 0. The van der Waals surface area contributed by atoms with E-state index in [1.54, 1.807) is 0 Å². The van der Waals surface area contributed by atoms with E-state index in [9.17, 15) is 19.8 Å². The van der Waals surface area contributed by atoms with Crippen LogP contribution in [0.4, 0.5) is 0 Å². The highest BCUT2D eigenvalue weighted by Crippen LogP contribution is 2.20. The minimum absolute atomic E-state index is 0.0225. The van der Waals surface area contributed by atoms with Crippen LogP contribution in [0.25, 0.3) is 0 Å². The fourth-order valence-corrected chi connectivity index (χ4v) is 12.4. The first kappa shape index (κ1) is 82.3. The molecular formula is C78H151NO5. The van der Waals surface area contributed by atoms with Gasteiger partial charge in [0.05, 0.1) is 25.4 Å².